The van der Waals surface area contributed by atoms with E-state index in [-0.39, 0.29) is 38.3 Å². The molecule has 2 aliphatic rings. The summed E-state index contributed by atoms with van der Waals surface area (Å²) in [4.78, 5) is 30.8. The lowest BCUT2D eigenvalue weighted by atomic mass is 9.79. The van der Waals surface area contributed by atoms with Crippen LogP contribution in [0.2, 0.25) is 0 Å². The molecule has 1 unspecified atom stereocenters. The number of carbonyl (C=O) groups is 2. The number of benzene rings is 3. The summed E-state index contributed by atoms with van der Waals surface area (Å²) in [5.74, 6) is -1.70. The number of nitrogens with one attached hydrogen (secondary N) is 1. The van der Waals surface area contributed by atoms with E-state index in [4.69, 9.17) is 4.74 Å². The number of likely N-dealkylation sites (tertiary alicyclic amines) is 1. The van der Waals surface area contributed by atoms with Crippen molar-refractivity contribution in [3.05, 3.63) is 106 Å². The lowest BCUT2D eigenvalue weighted by molar-refractivity contribution is -0.132. The van der Waals surface area contributed by atoms with Gasteiger partial charge in [0.2, 0.25) is 21.8 Å². The van der Waals surface area contributed by atoms with Crippen molar-refractivity contribution in [3.8, 4) is 11.8 Å². The third-order valence-corrected chi connectivity index (χ3v) is 10.3. The second-order valence-electron chi connectivity index (χ2n) is 11.1. The number of carbonyl (C=O) groups excluding carboxylic acids is 2. The normalized spacial score (nSPS) is 19.4. The summed E-state index contributed by atoms with van der Waals surface area (Å²) < 4.78 is 46.4. The van der Waals surface area contributed by atoms with Gasteiger partial charge in [0.05, 0.1) is 24.7 Å². The molecule has 5 rings (SSSR count). The molecule has 0 bridgehead atoms. The molecule has 0 spiro atoms. The summed E-state index contributed by atoms with van der Waals surface area (Å²) in [5, 5.41) is 10.3. The third-order valence-electron chi connectivity index (χ3n) is 8.30. The predicted octanol–water partition coefficient (Wildman–Crippen LogP) is 3.99. The van der Waals surface area contributed by atoms with Gasteiger partial charge in [-0.05, 0) is 77.9 Å². The standard InChI is InChI=1S/C33H33FN4O5S/c1-23(39)38(16-12-24-5-4-8-29(34)18-24)36-44(41,42)33(14-11-27-9-10-30(43-2)19-28(27)20-33)31-13-15-37(32(31)40)22-26-7-3-6-25(17-26)21-35/h3-11,14,17-19,31,36H,12-13,15-16,20,22H2,1-2H3/t31-,33?/m0/s1. The number of nitriles is 1. The van der Waals surface area contributed by atoms with Gasteiger partial charge < -0.3 is 9.64 Å². The first-order valence-electron chi connectivity index (χ1n) is 14.2. The minimum atomic E-state index is -4.42. The zero-order valence-electron chi connectivity index (χ0n) is 24.5. The average Bonchev–Trinajstić information content (AvgIpc) is 3.38. The van der Waals surface area contributed by atoms with E-state index in [1.807, 2.05) is 12.1 Å². The summed E-state index contributed by atoms with van der Waals surface area (Å²) in [6, 6.07) is 20.3. The molecule has 1 N–H and O–H groups in total. The quantitative estimate of drug-likeness (QED) is 0.344. The molecular weight excluding hydrogens is 583 g/mol. The van der Waals surface area contributed by atoms with E-state index in [0.29, 0.717) is 29.0 Å². The maximum atomic E-state index is 14.5. The van der Waals surface area contributed by atoms with Gasteiger partial charge in [-0.2, -0.15) is 5.26 Å². The van der Waals surface area contributed by atoms with E-state index >= 15 is 0 Å². The smallest absolute Gasteiger partial charge is 0.239 e. The topological polar surface area (TPSA) is 120 Å². The maximum absolute atomic E-state index is 14.5. The molecule has 1 heterocycles. The number of methoxy groups -OCH3 is 1. The molecular formula is C33H33FN4O5S. The minimum Gasteiger partial charge on any atom is -0.497 e. The van der Waals surface area contributed by atoms with Crippen LogP contribution in [0.15, 0.2) is 72.8 Å². The van der Waals surface area contributed by atoms with Crippen molar-refractivity contribution in [1.82, 2.24) is 14.7 Å². The number of ether oxygens (including phenoxy) is 1. The van der Waals surface area contributed by atoms with Crippen molar-refractivity contribution in [2.24, 2.45) is 5.92 Å². The minimum absolute atomic E-state index is 0.0187. The highest BCUT2D eigenvalue weighted by atomic mass is 32.2. The first-order chi connectivity index (χ1) is 21.0. The zero-order chi connectivity index (χ0) is 31.5. The fourth-order valence-corrected chi connectivity index (χ4v) is 7.83. The van der Waals surface area contributed by atoms with Crippen LogP contribution in [0.1, 0.15) is 41.2 Å². The van der Waals surface area contributed by atoms with Crippen LogP contribution in [-0.4, -0.2) is 55.1 Å². The van der Waals surface area contributed by atoms with Crippen molar-refractivity contribution in [3.63, 3.8) is 0 Å². The maximum Gasteiger partial charge on any atom is 0.239 e. The highest BCUT2D eigenvalue weighted by molar-refractivity contribution is 7.91. The van der Waals surface area contributed by atoms with Crippen molar-refractivity contribution >= 4 is 27.9 Å². The average molecular weight is 617 g/mol. The van der Waals surface area contributed by atoms with E-state index in [1.54, 1.807) is 59.5 Å². The number of hydrazine groups is 1. The Bertz CT molecular complexity index is 1770. The molecule has 1 saturated heterocycles. The number of halogens is 1. The van der Waals surface area contributed by atoms with Crippen LogP contribution in [0.5, 0.6) is 5.75 Å². The number of hydrogen-bond donors (Lipinski definition) is 1. The van der Waals surface area contributed by atoms with Gasteiger partial charge in [0.25, 0.3) is 0 Å². The summed E-state index contributed by atoms with van der Waals surface area (Å²) >= 11 is 0. The number of hydrogen-bond acceptors (Lipinski definition) is 6. The van der Waals surface area contributed by atoms with Gasteiger partial charge >= 0.3 is 0 Å². The lowest BCUT2D eigenvalue weighted by Crippen LogP contribution is -2.59. The Labute approximate surface area is 256 Å². The Balaban J connectivity index is 1.48. The molecule has 0 radical (unpaired) electrons. The molecule has 228 valence electrons. The summed E-state index contributed by atoms with van der Waals surface area (Å²) in [6.45, 7) is 1.76. The molecule has 44 heavy (non-hydrogen) atoms. The Morgan fingerprint density at radius 3 is 2.66 bits per heavy atom. The Kier molecular flexibility index (Phi) is 8.85. The van der Waals surface area contributed by atoms with Gasteiger partial charge in [0, 0.05) is 26.6 Å². The molecule has 11 heteroatoms. The van der Waals surface area contributed by atoms with Gasteiger partial charge in [-0.25, -0.2) is 12.8 Å². The van der Waals surface area contributed by atoms with Crippen molar-refractivity contribution in [2.75, 3.05) is 20.2 Å². The molecule has 2 amide bonds. The lowest BCUT2D eigenvalue weighted by Gasteiger charge is -2.39. The van der Waals surface area contributed by atoms with Crippen LogP contribution < -0.4 is 9.57 Å². The van der Waals surface area contributed by atoms with Crippen molar-refractivity contribution in [1.29, 1.82) is 5.26 Å². The number of fused-ring (bicyclic) bond motifs is 1. The fourth-order valence-electron chi connectivity index (χ4n) is 5.96. The number of sulfonamides is 1. The fraction of sp³-hybridized carbons (Fsp3) is 0.303. The zero-order valence-corrected chi connectivity index (χ0v) is 25.3. The molecule has 0 aromatic heterocycles. The van der Waals surface area contributed by atoms with Crippen LogP contribution in [-0.2, 0) is 39.0 Å². The van der Waals surface area contributed by atoms with Gasteiger partial charge in [0.15, 0.2) is 0 Å². The second kappa shape index (κ2) is 12.6. The van der Waals surface area contributed by atoms with Gasteiger partial charge in [-0.1, -0.05) is 42.5 Å². The summed E-state index contributed by atoms with van der Waals surface area (Å²) in [7, 11) is -2.90. The first-order valence-corrected chi connectivity index (χ1v) is 15.7. The van der Waals surface area contributed by atoms with Gasteiger partial charge in [0.1, 0.15) is 16.3 Å². The number of nitrogens with zero attached hydrogens (tertiary/aromatic N) is 3. The Hall–Kier alpha value is -4.53. The van der Waals surface area contributed by atoms with Gasteiger partial charge in [-0.15, -0.1) is 4.83 Å². The van der Waals surface area contributed by atoms with Crippen LogP contribution in [0.25, 0.3) is 6.08 Å². The molecule has 0 saturated carbocycles. The van der Waals surface area contributed by atoms with Crippen LogP contribution in [0.4, 0.5) is 4.39 Å². The molecule has 3 aromatic carbocycles. The van der Waals surface area contributed by atoms with E-state index in [1.165, 1.54) is 26.2 Å². The Morgan fingerprint density at radius 1 is 1.16 bits per heavy atom. The monoisotopic (exact) mass is 616 g/mol. The number of rotatable bonds is 10. The third kappa shape index (κ3) is 6.23. The second-order valence-corrected chi connectivity index (χ2v) is 13.0. The molecule has 1 fully saturated rings. The van der Waals surface area contributed by atoms with E-state index < -0.39 is 32.4 Å². The molecule has 9 nitrogen and oxygen atoms in total. The van der Waals surface area contributed by atoms with Crippen molar-refractivity contribution in [2.45, 2.75) is 37.5 Å². The van der Waals surface area contributed by atoms with Crippen LogP contribution >= 0.6 is 0 Å². The molecule has 2 atom stereocenters. The SMILES string of the molecule is COc1ccc2c(c1)CC([C@H]1CCN(Cc3cccc(C#N)c3)C1=O)(S(=O)(=O)NN(CCc1cccc(F)c1)C(C)=O)C=C2. The number of amides is 2. The molecule has 3 aromatic rings. The molecule has 1 aliphatic heterocycles. The van der Waals surface area contributed by atoms with E-state index in [0.717, 1.165) is 16.1 Å². The summed E-state index contributed by atoms with van der Waals surface area (Å²) in [5.41, 5.74) is 3.34. The predicted molar refractivity (Wildman–Crippen MR) is 163 cm³/mol. The Morgan fingerprint density at radius 2 is 1.93 bits per heavy atom. The van der Waals surface area contributed by atoms with Crippen LogP contribution in [0, 0.1) is 23.1 Å². The highest BCUT2D eigenvalue weighted by Crippen LogP contribution is 2.43. The van der Waals surface area contributed by atoms with Gasteiger partial charge in [-0.3, -0.25) is 14.6 Å². The summed E-state index contributed by atoms with van der Waals surface area (Å²) in [6.07, 6.45) is 3.73. The van der Waals surface area contributed by atoms with Crippen molar-refractivity contribution < 1.29 is 27.1 Å². The molecule has 1 aliphatic carbocycles. The van der Waals surface area contributed by atoms with E-state index in [2.05, 4.69) is 10.9 Å². The largest absolute Gasteiger partial charge is 0.497 e. The first kappa shape index (κ1) is 30.9. The van der Waals surface area contributed by atoms with Crippen LogP contribution in [0.3, 0.4) is 0 Å². The highest BCUT2D eigenvalue weighted by Gasteiger charge is 2.56. The van der Waals surface area contributed by atoms with E-state index in [9.17, 15) is 27.7 Å².